The number of hydrogen-bond donors (Lipinski definition) is 0. The summed E-state index contributed by atoms with van der Waals surface area (Å²) in [6.45, 7) is 0.372. The zero-order valence-electron chi connectivity index (χ0n) is 20.4. The van der Waals surface area contributed by atoms with Gasteiger partial charge in [-0.2, -0.15) is 5.10 Å². The van der Waals surface area contributed by atoms with Crippen LogP contribution in [-0.2, 0) is 11.8 Å². The van der Waals surface area contributed by atoms with E-state index in [4.69, 9.17) is 4.74 Å². The monoisotopic (exact) mass is 475 g/mol. The van der Waals surface area contributed by atoms with E-state index in [1.54, 1.807) is 0 Å². The molecule has 1 aromatic heterocycles. The van der Waals surface area contributed by atoms with E-state index in [9.17, 15) is 4.79 Å². The lowest BCUT2D eigenvalue weighted by Gasteiger charge is -2.44. The van der Waals surface area contributed by atoms with Crippen LogP contribution < -0.4 is 0 Å². The molecule has 2 bridgehead atoms. The number of hydrogen-bond acceptors (Lipinski definition) is 3. The molecule has 4 aromatic rings. The lowest BCUT2D eigenvalue weighted by atomic mass is 9.83. The summed E-state index contributed by atoms with van der Waals surface area (Å²) in [6, 6.07) is 23.8. The number of carbonyl (C=O) groups excluding carboxylic acids is 1. The minimum absolute atomic E-state index is 0.0858. The van der Waals surface area contributed by atoms with Crippen LogP contribution in [0.1, 0.15) is 48.3 Å². The highest BCUT2D eigenvalue weighted by Gasteiger charge is 2.39. The average Bonchev–Trinajstić information content (AvgIpc) is 3.44. The van der Waals surface area contributed by atoms with Crippen LogP contribution in [0.4, 0.5) is 4.79 Å². The molecule has 3 aromatic carbocycles. The molecule has 5 nitrogen and oxygen atoms in total. The van der Waals surface area contributed by atoms with E-state index < -0.39 is 0 Å². The molecule has 1 amide bonds. The van der Waals surface area contributed by atoms with Gasteiger partial charge in [0, 0.05) is 24.4 Å². The Morgan fingerprint density at radius 2 is 1.75 bits per heavy atom. The van der Waals surface area contributed by atoms with Crippen LogP contribution >= 0.6 is 0 Å². The normalized spacial score (nSPS) is 20.7. The number of aromatic nitrogens is 2. The van der Waals surface area contributed by atoms with Crippen molar-refractivity contribution in [1.29, 1.82) is 0 Å². The topological polar surface area (TPSA) is 47.4 Å². The Bertz CT molecular complexity index is 1470. The number of carbonyl (C=O) groups is 1. The Labute approximate surface area is 211 Å². The maximum atomic E-state index is 13.5. The van der Waals surface area contributed by atoms with Crippen molar-refractivity contribution in [3.8, 4) is 11.1 Å². The Balaban J connectivity index is 1.13. The van der Waals surface area contributed by atoms with Crippen LogP contribution in [0.3, 0.4) is 0 Å². The van der Waals surface area contributed by atoms with Crippen molar-refractivity contribution in [3.63, 3.8) is 0 Å². The van der Waals surface area contributed by atoms with Crippen LogP contribution in [0, 0.1) is 0 Å². The second-order valence-electron chi connectivity index (χ2n) is 10.3. The molecule has 180 valence electrons. The molecular formula is C31H29N3O2. The number of amides is 1. The van der Waals surface area contributed by atoms with Crippen molar-refractivity contribution in [3.05, 3.63) is 95.7 Å². The van der Waals surface area contributed by atoms with Gasteiger partial charge in [0.25, 0.3) is 0 Å². The largest absolute Gasteiger partial charge is 0.448 e. The fourth-order valence-corrected chi connectivity index (χ4v) is 6.54. The molecular weight excluding hydrogens is 446 g/mol. The van der Waals surface area contributed by atoms with E-state index in [1.165, 1.54) is 33.4 Å². The number of rotatable bonds is 3. The third-order valence-electron chi connectivity index (χ3n) is 8.30. The van der Waals surface area contributed by atoms with Crippen molar-refractivity contribution >= 4 is 22.6 Å². The SMILES string of the molecule is Cn1ncc2ccc(C3=CC4CCCC(C3)N4C(=O)OCC3c4ccccc4-c4ccccc43)cc21. The molecule has 1 aliphatic carbocycles. The number of piperidine rings is 1. The molecule has 0 saturated carbocycles. The summed E-state index contributed by atoms with van der Waals surface area (Å²) in [5, 5.41) is 5.53. The van der Waals surface area contributed by atoms with Gasteiger partial charge in [0.15, 0.2) is 0 Å². The highest BCUT2D eigenvalue weighted by Crippen LogP contribution is 2.45. The summed E-state index contributed by atoms with van der Waals surface area (Å²) >= 11 is 0. The van der Waals surface area contributed by atoms with E-state index in [2.05, 4.69) is 77.9 Å². The maximum absolute atomic E-state index is 13.5. The molecule has 1 saturated heterocycles. The molecule has 2 unspecified atom stereocenters. The first-order valence-electron chi connectivity index (χ1n) is 12.9. The Kier molecular flexibility index (Phi) is 4.98. The van der Waals surface area contributed by atoms with E-state index in [1.807, 2.05) is 22.8 Å². The molecule has 0 radical (unpaired) electrons. The van der Waals surface area contributed by atoms with Gasteiger partial charge in [-0.15, -0.1) is 0 Å². The van der Waals surface area contributed by atoms with Gasteiger partial charge >= 0.3 is 6.09 Å². The fourth-order valence-electron chi connectivity index (χ4n) is 6.54. The van der Waals surface area contributed by atoms with Gasteiger partial charge in [0.05, 0.1) is 17.8 Å². The summed E-state index contributed by atoms with van der Waals surface area (Å²) in [5.41, 5.74) is 8.70. The minimum atomic E-state index is -0.177. The number of fused-ring (bicyclic) bond motifs is 6. The molecule has 7 rings (SSSR count). The first-order valence-corrected chi connectivity index (χ1v) is 12.9. The molecule has 1 fully saturated rings. The van der Waals surface area contributed by atoms with E-state index in [0.717, 1.165) is 36.6 Å². The summed E-state index contributed by atoms with van der Waals surface area (Å²) in [4.78, 5) is 15.5. The molecule has 2 aliphatic heterocycles. The number of aryl methyl sites for hydroxylation is 1. The van der Waals surface area contributed by atoms with Gasteiger partial charge in [0.2, 0.25) is 0 Å². The van der Waals surface area contributed by atoms with Gasteiger partial charge < -0.3 is 4.74 Å². The van der Waals surface area contributed by atoms with Crippen molar-refractivity contribution in [2.75, 3.05) is 6.61 Å². The van der Waals surface area contributed by atoms with Crippen molar-refractivity contribution < 1.29 is 9.53 Å². The molecule has 3 aliphatic rings. The predicted molar refractivity (Wildman–Crippen MR) is 142 cm³/mol. The highest BCUT2D eigenvalue weighted by molar-refractivity contribution is 5.84. The first kappa shape index (κ1) is 21.4. The van der Waals surface area contributed by atoms with Crippen LogP contribution in [-0.4, -0.2) is 39.5 Å². The lowest BCUT2D eigenvalue weighted by molar-refractivity contribution is 0.0539. The fraction of sp³-hybridized carbons (Fsp3) is 0.290. The van der Waals surface area contributed by atoms with Gasteiger partial charge in [-0.1, -0.05) is 66.7 Å². The Hall–Kier alpha value is -3.86. The zero-order chi connectivity index (χ0) is 24.2. The number of nitrogens with zero attached hydrogens (tertiary/aromatic N) is 3. The minimum Gasteiger partial charge on any atom is -0.448 e. The van der Waals surface area contributed by atoms with E-state index in [0.29, 0.717) is 6.61 Å². The third kappa shape index (κ3) is 3.37. The molecule has 5 heteroatoms. The van der Waals surface area contributed by atoms with Crippen molar-refractivity contribution in [2.24, 2.45) is 7.05 Å². The Morgan fingerprint density at radius 3 is 2.50 bits per heavy atom. The maximum Gasteiger partial charge on any atom is 0.410 e. The smallest absolute Gasteiger partial charge is 0.410 e. The van der Waals surface area contributed by atoms with Crippen LogP contribution in [0.25, 0.3) is 27.6 Å². The summed E-state index contributed by atoms with van der Waals surface area (Å²) in [7, 11) is 1.98. The van der Waals surface area contributed by atoms with Crippen LogP contribution in [0.5, 0.6) is 0 Å². The van der Waals surface area contributed by atoms with Gasteiger partial charge in [-0.3, -0.25) is 9.58 Å². The molecule has 3 heterocycles. The summed E-state index contributed by atoms with van der Waals surface area (Å²) < 4.78 is 7.99. The lowest BCUT2D eigenvalue weighted by Crippen LogP contribution is -2.51. The van der Waals surface area contributed by atoms with Crippen LogP contribution in [0.2, 0.25) is 0 Å². The first-order chi connectivity index (χ1) is 17.7. The average molecular weight is 476 g/mol. The summed E-state index contributed by atoms with van der Waals surface area (Å²) in [5.74, 6) is 0.0858. The molecule has 0 N–H and O–H groups in total. The third-order valence-corrected chi connectivity index (χ3v) is 8.30. The molecule has 0 spiro atoms. The van der Waals surface area contributed by atoms with E-state index in [-0.39, 0.29) is 24.1 Å². The van der Waals surface area contributed by atoms with Gasteiger partial charge in [-0.25, -0.2) is 4.79 Å². The zero-order valence-corrected chi connectivity index (χ0v) is 20.4. The quantitative estimate of drug-likeness (QED) is 0.338. The van der Waals surface area contributed by atoms with Crippen molar-refractivity contribution in [1.82, 2.24) is 14.7 Å². The number of ether oxygens (including phenoxy) is 1. The Morgan fingerprint density at radius 1 is 1.00 bits per heavy atom. The molecule has 36 heavy (non-hydrogen) atoms. The second kappa shape index (κ2) is 8.37. The second-order valence-corrected chi connectivity index (χ2v) is 10.3. The summed E-state index contributed by atoms with van der Waals surface area (Å²) in [6.07, 6.45) is 8.04. The van der Waals surface area contributed by atoms with Crippen LogP contribution in [0.15, 0.2) is 79.0 Å². The highest BCUT2D eigenvalue weighted by atomic mass is 16.6. The standard InChI is InChI=1S/C31H29N3O2/c1-33-30-17-20(13-14-21(30)18-32-33)22-15-23-7-6-8-24(16-22)34(23)31(35)36-19-29-27-11-4-2-9-25(27)26-10-3-5-12-28(26)29/h2-5,9-15,17-18,23-24,29H,6-8,16,19H2,1H3. The number of benzene rings is 3. The van der Waals surface area contributed by atoms with Crippen molar-refractivity contribution in [2.45, 2.75) is 43.7 Å². The predicted octanol–water partition coefficient (Wildman–Crippen LogP) is 6.53. The van der Waals surface area contributed by atoms with Gasteiger partial charge in [-0.05, 0) is 65.1 Å². The van der Waals surface area contributed by atoms with Gasteiger partial charge in [0.1, 0.15) is 6.61 Å². The van der Waals surface area contributed by atoms with E-state index >= 15 is 0 Å². The molecule has 2 atom stereocenters.